The zero-order valence-corrected chi connectivity index (χ0v) is 16.8. The molecule has 6 atom stereocenters. The fraction of sp³-hybridized carbons (Fsp3) is 0.857. The van der Waals surface area contributed by atoms with E-state index in [2.05, 4.69) is 34.6 Å². The molecule has 0 aromatic carbocycles. The van der Waals surface area contributed by atoms with Crippen molar-refractivity contribution in [3.8, 4) is 0 Å². The van der Waals surface area contributed by atoms with Gasteiger partial charge in [0.2, 0.25) is 0 Å². The highest BCUT2D eigenvalue weighted by Crippen LogP contribution is 2.64. The van der Waals surface area contributed by atoms with Crippen LogP contribution in [0.4, 0.5) is 4.79 Å². The number of rotatable bonds is 3. The van der Waals surface area contributed by atoms with E-state index < -0.39 is 29.4 Å². The Kier molecular flexibility index (Phi) is 3.70. The van der Waals surface area contributed by atoms with E-state index in [4.69, 9.17) is 14.2 Å². The molecule has 0 amide bonds. The van der Waals surface area contributed by atoms with Crippen molar-refractivity contribution >= 4 is 6.16 Å². The lowest BCUT2D eigenvalue weighted by molar-refractivity contribution is -0.230. The smallest absolute Gasteiger partial charge is 0.423 e. The molecule has 2 aliphatic carbocycles. The third-order valence-electron chi connectivity index (χ3n) is 8.17. The van der Waals surface area contributed by atoms with E-state index in [1.807, 2.05) is 6.92 Å². The van der Waals surface area contributed by atoms with Gasteiger partial charge in [0.05, 0.1) is 11.7 Å². The molecule has 2 aliphatic heterocycles. The number of carbonyl (C=O) groups is 1. The van der Waals surface area contributed by atoms with Crippen molar-refractivity contribution in [3.63, 3.8) is 0 Å². The minimum atomic E-state index is -1.14. The van der Waals surface area contributed by atoms with Gasteiger partial charge in [0.15, 0.2) is 12.2 Å². The van der Waals surface area contributed by atoms with Gasteiger partial charge in [-0.05, 0) is 57.4 Å². The summed E-state index contributed by atoms with van der Waals surface area (Å²) in [6.07, 6.45) is 3.12. The third-order valence-corrected chi connectivity index (χ3v) is 8.17. The molecule has 3 fully saturated rings. The summed E-state index contributed by atoms with van der Waals surface area (Å²) in [7, 11) is 0. The van der Waals surface area contributed by atoms with Crippen LogP contribution < -0.4 is 0 Å². The summed E-state index contributed by atoms with van der Waals surface area (Å²) in [6.45, 7) is 12.7. The number of fused-ring (bicyclic) bond motifs is 3. The molecule has 0 spiro atoms. The lowest BCUT2D eigenvalue weighted by atomic mass is 9.45. The van der Waals surface area contributed by atoms with Crippen LogP contribution >= 0.6 is 0 Å². The first-order valence-electron chi connectivity index (χ1n) is 9.94. The monoisotopic (exact) mass is 364 g/mol. The summed E-state index contributed by atoms with van der Waals surface area (Å²) in [5.74, 6) is 0. The van der Waals surface area contributed by atoms with Gasteiger partial charge in [-0.25, -0.2) is 4.79 Å². The molecule has 4 aliphatic rings. The van der Waals surface area contributed by atoms with E-state index in [0.717, 1.165) is 37.7 Å². The predicted octanol–water partition coefficient (Wildman–Crippen LogP) is 4.13. The number of aliphatic hydroxyl groups is 1. The Morgan fingerprint density at radius 2 is 1.81 bits per heavy atom. The quantitative estimate of drug-likeness (QED) is 0.463. The van der Waals surface area contributed by atoms with Crippen LogP contribution in [-0.2, 0) is 14.2 Å². The molecule has 0 radical (unpaired) electrons. The van der Waals surface area contributed by atoms with Crippen molar-refractivity contribution < 1.29 is 24.1 Å². The molecule has 5 heteroatoms. The fourth-order valence-corrected chi connectivity index (χ4v) is 6.16. The third kappa shape index (κ3) is 2.13. The Bertz CT molecular complexity index is 682. The Labute approximate surface area is 156 Å². The minimum Gasteiger partial charge on any atom is -0.423 e. The molecule has 2 heterocycles. The highest BCUT2D eigenvalue weighted by atomic mass is 16.8. The highest BCUT2D eigenvalue weighted by Gasteiger charge is 2.71. The number of hydrogen-bond donors (Lipinski definition) is 1. The minimum absolute atomic E-state index is 0.0777. The van der Waals surface area contributed by atoms with Crippen molar-refractivity contribution in [2.24, 2.45) is 10.8 Å². The normalized spacial score (nSPS) is 49.2. The topological polar surface area (TPSA) is 68.3 Å². The number of epoxide rings is 1. The molecule has 1 saturated carbocycles. The van der Waals surface area contributed by atoms with Crippen LogP contribution in [0, 0.1) is 10.8 Å². The van der Waals surface area contributed by atoms with Gasteiger partial charge in [-0.3, -0.25) is 0 Å². The molecule has 146 valence electrons. The van der Waals surface area contributed by atoms with Gasteiger partial charge in [-0.15, -0.1) is 0 Å². The Hall–Kier alpha value is -1.07. The molecule has 5 nitrogen and oxygen atoms in total. The zero-order chi connectivity index (χ0) is 19.1. The zero-order valence-electron chi connectivity index (χ0n) is 16.8. The van der Waals surface area contributed by atoms with Crippen LogP contribution in [-0.4, -0.2) is 40.8 Å². The summed E-state index contributed by atoms with van der Waals surface area (Å²) in [4.78, 5) is 12.0. The molecule has 4 rings (SSSR count). The van der Waals surface area contributed by atoms with Crippen LogP contribution in [0.1, 0.15) is 73.6 Å². The van der Waals surface area contributed by atoms with Crippen LogP contribution in [0.15, 0.2) is 11.1 Å². The Morgan fingerprint density at radius 3 is 2.42 bits per heavy atom. The average Bonchev–Trinajstić information content (AvgIpc) is 2.94. The van der Waals surface area contributed by atoms with Gasteiger partial charge in [0, 0.05) is 5.41 Å². The summed E-state index contributed by atoms with van der Waals surface area (Å²) < 4.78 is 16.9. The second-order valence-electron chi connectivity index (χ2n) is 9.90. The van der Waals surface area contributed by atoms with Crippen molar-refractivity contribution in [2.45, 2.75) is 103 Å². The SMILES string of the molecule is CC1=C(CC[C@@]2(C)O[C@@H]2C)[C@@]2(C)CCCC(C)(C)[C@]2(O)[C@@H]2OC(=O)O[C@H]12. The highest BCUT2D eigenvalue weighted by molar-refractivity contribution is 5.65. The van der Waals surface area contributed by atoms with Crippen LogP contribution in [0.2, 0.25) is 0 Å². The summed E-state index contributed by atoms with van der Waals surface area (Å²) in [6, 6.07) is 0. The molecule has 1 N–H and O–H groups in total. The van der Waals surface area contributed by atoms with Crippen LogP contribution in [0.25, 0.3) is 0 Å². The first-order valence-corrected chi connectivity index (χ1v) is 9.94. The molecule has 2 saturated heterocycles. The lowest BCUT2D eigenvalue weighted by Gasteiger charge is -2.62. The molecule has 0 unspecified atom stereocenters. The van der Waals surface area contributed by atoms with Gasteiger partial charge >= 0.3 is 6.16 Å². The first kappa shape index (κ1) is 18.3. The van der Waals surface area contributed by atoms with Gasteiger partial charge in [0.25, 0.3) is 0 Å². The lowest BCUT2D eigenvalue weighted by Crippen LogP contribution is -2.70. The van der Waals surface area contributed by atoms with Gasteiger partial charge in [-0.2, -0.15) is 0 Å². The Morgan fingerprint density at radius 1 is 1.15 bits per heavy atom. The summed E-state index contributed by atoms with van der Waals surface area (Å²) in [5.41, 5.74) is 0.282. The molecule has 26 heavy (non-hydrogen) atoms. The van der Waals surface area contributed by atoms with Crippen molar-refractivity contribution in [1.29, 1.82) is 0 Å². The number of carbonyl (C=O) groups excluding carboxylic acids is 1. The maximum Gasteiger partial charge on any atom is 0.509 e. The standard InChI is InChI=1S/C21H32O5/c1-12-14(8-11-20(6)13(2)26-20)19(5)10-7-9-18(3,4)21(19,23)16-15(12)24-17(22)25-16/h13,15-16,23H,7-11H2,1-6H3/t13-,15-,16-,19-,20-,21-/m1/s1. The van der Waals surface area contributed by atoms with E-state index in [9.17, 15) is 9.90 Å². The van der Waals surface area contributed by atoms with Crippen LogP contribution in [0.3, 0.4) is 0 Å². The largest absolute Gasteiger partial charge is 0.509 e. The molecular formula is C21H32O5. The van der Waals surface area contributed by atoms with E-state index in [1.165, 1.54) is 5.57 Å². The van der Waals surface area contributed by atoms with Crippen molar-refractivity contribution in [2.75, 3.05) is 0 Å². The summed E-state index contributed by atoms with van der Waals surface area (Å²) >= 11 is 0. The molecule has 0 aromatic rings. The van der Waals surface area contributed by atoms with Crippen molar-refractivity contribution in [3.05, 3.63) is 11.1 Å². The molecular weight excluding hydrogens is 332 g/mol. The van der Waals surface area contributed by atoms with E-state index in [1.54, 1.807) is 0 Å². The number of ether oxygens (including phenoxy) is 3. The Balaban J connectivity index is 1.79. The van der Waals surface area contributed by atoms with E-state index >= 15 is 0 Å². The molecule has 0 aromatic heterocycles. The van der Waals surface area contributed by atoms with E-state index in [-0.39, 0.29) is 17.1 Å². The number of hydrogen-bond acceptors (Lipinski definition) is 5. The second kappa shape index (κ2) is 5.26. The second-order valence-corrected chi connectivity index (χ2v) is 9.90. The van der Waals surface area contributed by atoms with Crippen molar-refractivity contribution in [1.82, 2.24) is 0 Å². The fourth-order valence-electron chi connectivity index (χ4n) is 6.16. The van der Waals surface area contributed by atoms with Gasteiger partial charge in [0.1, 0.15) is 5.60 Å². The first-order chi connectivity index (χ1) is 12.0. The van der Waals surface area contributed by atoms with E-state index in [0.29, 0.717) is 0 Å². The van der Waals surface area contributed by atoms with Crippen LogP contribution in [0.5, 0.6) is 0 Å². The average molecular weight is 364 g/mol. The maximum atomic E-state index is 12.1. The maximum absolute atomic E-state index is 12.1. The molecule has 0 bridgehead atoms. The van der Waals surface area contributed by atoms with Gasteiger partial charge < -0.3 is 19.3 Å². The summed E-state index contributed by atoms with van der Waals surface area (Å²) in [5, 5.41) is 12.1. The van der Waals surface area contributed by atoms with Gasteiger partial charge in [-0.1, -0.05) is 32.8 Å². The predicted molar refractivity (Wildman–Crippen MR) is 96.7 cm³/mol.